The first-order valence-electron chi connectivity index (χ1n) is 15.3. The van der Waals surface area contributed by atoms with Gasteiger partial charge in [0.15, 0.2) is 11.6 Å². The molecule has 0 bridgehead atoms. The van der Waals surface area contributed by atoms with Crippen LogP contribution >= 0.6 is 0 Å². The Morgan fingerprint density at radius 1 is 0.553 bits per heavy atom. The molecule has 0 spiro atoms. The number of fused-ring (bicyclic) bond motifs is 1. The van der Waals surface area contributed by atoms with Crippen LogP contribution in [0.4, 0.5) is 0 Å². The van der Waals surface area contributed by atoms with Crippen molar-refractivity contribution in [3.63, 3.8) is 0 Å². The first-order chi connectivity index (χ1) is 22.4. The number of phenols is 4. The number of ketones is 2. The molecule has 0 unspecified atom stereocenters. The summed E-state index contributed by atoms with van der Waals surface area (Å²) >= 11 is 0. The van der Waals surface area contributed by atoms with Gasteiger partial charge in [0.1, 0.15) is 23.0 Å². The number of benzene rings is 5. The van der Waals surface area contributed by atoms with Crippen molar-refractivity contribution >= 4 is 22.5 Å². The summed E-state index contributed by atoms with van der Waals surface area (Å²) in [4.78, 5) is 30.4. The van der Waals surface area contributed by atoms with Gasteiger partial charge >= 0.3 is 0 Å². The van der Waals surface area contributed by atoms with Crippen molar-refractivity contribution in [1.29, 1.82) is 0 Å². The van der Waals surface area contributed by atoms with Crippen molar-refractivity contribution in [2.24, 2.45) is 0 Å². The van der Waals surface area contributed by atoms with E-state index >= 15 is 0 Å². The van der Waals surface area contributed by atoms with Crippen molar-refractivity contribution in [2.75, 3.05) is 0 Å². The Labute approximate surface area is 272 Å². The molecule has 5 aromatic carbocycles. The molecule has 236 valence electrons. The average molecular weight is 626 g/mol. The monoisotopic (exact) mass is 625 g/mol. The summed E-state index contributed by atoms with van der Waals surface area (Å²) in [7, 11) is 0. The molecule has 0 amide bonds. The lowest BCUT2D eigenvalue weighted by molar-refractivity contribution is 0.102. The number of phenolic OH excluding ortho intramolecular Hbond substituents is 4. The zero-order valence-corrected chi connectivity index (χ0v) is 26.6. The highest BCUT2D eigenvalue weighted by atomic mass is 16.3. The van der Waals surface area contributed by atoms with E-state index in [1.165, 1.54) is 12.1 Å². The second kappa shape index (κ2) is 12.2. The molecule has 0 aliphatic rings. The number of nitrogens with one attached hydrogen (secondary N) is 1. The van der Waals surface area contributed by atoms with Crippen LogP contribution in [-0.4, -0.2) is 37.0 Å². The van der Waals surface area contributed by atoms with Crippen molar-refractivity contribution in [3.8, 4) is 23.0 Å². The Bertz CT molecular complexity index is 2190. The van der Waals surface area contributed by atoms with E-state index in [9.17, 15) is 30.0 Å². The highest BCUT2D eigenvalue weighted by molar-refractivity contribution is 6.12. The van der Waals surface area contributed by atoms with E-state index in [4.69, 9.17) is 0 Å². The van der Waals surface area contributed by atoms with E-state index in [-0.39, 0.29) is 69.7 Å². The summed E-state index contributed by atoms with van der Waals surface area (Å²) in [5, 5.41) is 46.1. The highest BCUT2D eigenvalue weighted by Crippen LogP contribution is 2.41. The molecule has 5 N–H and O–H groups in total. The maximum Gasteiger partial charge on any atom is 0.196 e. The summed E-state index contributed by atoms with van der Waals surface area (Å²) in [6.45, 7) is 7.19. The van der Waals surface area contributed by atoms with Gasteiger partial charge in [-0.2, -0.15) is 0 Å². The van der Waals surface area contributed by atoms with Gasteiger partial charge in [0.25, 0.3) is 0 Å². The van der Waals surface area contributed by atoms with Crippen LogP contribution in [0, 0.1) is 27.7 Å². The molecule has 7 nitrogen and oxygen atoms in total. The van der Waals surface area contributed by atoms with E-state index in [2.05, 4.69) is 4.98 Å². The SMILES string of the molecule is Cc1ccc(C(=O)c2cc(C)c(O)c(Cc3[nH]c4ccccc4c3Cc3c(O)c(C)cc(C(=O)c4ccc(C)cc4)c3O)c2O)cc1. The second-order valence-corrected chi connectivity index (χ2v) is 12.2. The molecule has 6 aromatic rings. The number of aromatic amines is 1. The van der Waals surface area contributed by atoms with Crippen LogP contribution in [0.1, 0.15) is 76.5 Å². The molecule has 0 atom stereocenters. The van der Waals surface area contributed by atoms with E-state index in [1.54, 1.807) is 38.1 Å². The molecule has 1 aromatic heterocycles. The van der Waals surface area contributed by atoms with Crippen LogP contribution in [0.15, 0.2) is 84.9 Å². The lowest BCUT2D eigenvalue weighted by Crippen LogP contribution is -2.07. The zero-order valence-electron chi connectivity index (χ0n) is 26.6. The summed E-state index contributed by atoms with van der Waals surface area (Å²) in [6.07, 6.45) is 0.0510. The molecule has 1 heterocycles. The number of carbonyl (C=O) groups excluding carboxylic acids is 2. The first-order valence-corrected chi connectivity index (χ1v) is 15.3. The van der Waals surface area contributed by atoms with Gasteiger partial charge in [0, 0.05) is 51.7 Å². The topological polar surface area (TPSA) is 131 Å². The minimum atomic E-state index is -0.371. The molecular formula is C40H35NO6. The smallest absolute Gasteiger partial charge is 0.196 e. The average Bonchev–Trinajstić information content (AvgIpc) is 3.41. The molecule has 47 heavy (non-hydrogen) atoms. The van der Waals surface area contributed by atoms with Crippen molar-refractivity contribution in [1.82, 2.24) is 4.98 Å². The number of para-hydroxylation sites is 1. The highest BCUT2D eigenvalue weighted by Gasteiger charge is 2.26. The van der Waals surface area contributed by atoms with E-state index in [1.807, 2.05) is 62.4 Å². The van der Waals surface area contributed by atoms with E-state index < -0.39 is 0 Å². The molecule has 0 fully saturated rings. The van der Waals surface area contributed by atoms with Crippen molar-refractivity contribution in [3.05, 3.63) is 152 Å². The maximum absolute atomic E-state index is 13.5. The number of hydrogen-bond donors (Lipinski definition) is 5. The van der Waals surface area contributed by atoms with Crippen LogP contribution in [0.3, 0.4) is 0 Å². The molecule has 0 aliphatic heterocycles. The molecule has 0 saturated carbocycles. The van der Waals surface area contributed by atoms with Crippen LogP contribution in [-0.2, 0) is 12.8 Å². The van der Waals surface area contributed by atoms with Crippen molar-refractivity contribution in [2.45, 2.75) is 40.5 Å². The van der Waals surface area contributed by atoms with Crippen LogP contribution in [0.2, 0.25) is 0 Å². The summed E-state index contributed by atoms with van der Waals surface area (Å²) < 4.78 is 0. The predicted octanol–water partition coefficient (Wildman–Crippen LogP) is 7.87. The number of aryl methyl sites for hydroxylation is 4. The number of H-pyrrole nitrogens is 1. The molecule has 0 radical (unpaired) electrons. The third kappa shape index (κ3) is 5.72. The third-order valence-corrected chi connectivity index (χ3v) is 8.85. The van der Waals surface area contributed by atoms with Crippen LogP contribution < -0.4 is 0 Å². The minimum Gasteiger partial charge on any atom is -0.507 e. The van der Waals surface area contributed by atoms with Gasteiger partial charge in [-0.3, -0.25) is 9.59 Å². The maximum atomic E-state index is 13.5. The molecule has 0 aliphatic carbocycles. The van der Waals surface area contributed by atoms with Crippen molar-refractivity contribution < 1.29 is 30.0 Å². The number of aromatic nitrogens is 1. The van der Waals surface area contributed by atoms with Crippen LogP contribution in [0.5, 0.6) is 23.0 Å². The Morgan fingerprint density at radius 3 is 1.49 bits per heavy atom. The molecule has 6 rings (SSSR count). The third-order valence-electron chi connectivity index (χ3n) is 8.85. The molecule has 7 heteroatoms. The fourth-order valence-corrected chi connectivity index (χ4v) is 6.10. The lowest BCUT2D eigenvalue weighted by atomic mass is 9.90. The van der Waals surface area contributed by atoms with E-state index in [0.717, 1.165) is 22.0 Å². The van der Waals surface area contributed by atoms with Crippen LogP contribution in [0.25, 0.3) is 10.9 Å². The number of aromatic hydroxyl groups is 4. The quantitative estimate of drug-likeness (QED) is 0.109. The minimum absolute atomic E-state index is 0.0139. The lowest BCUT2D eigenvalue weighted by Gasteiger charge is -2.16. The second-order valence-electron chi connectivity index (χ2n) is 12.2. The normalized spacial score (nSPS) is 11.2. The Hall–Kier alpha value is -5.82. The Morgan fingerprint density at radius 2 is 1.00 bits per heavy atom. The standard InChI is InChI=1S/C40H35NO6/c1-21-9-13-25(14-10-21)37(44)29-17-23(3)35(42)31(39(29)46)19-28-27-7-5-6-8-33(27)41-34(28)20-32-36(43)24(4)18-30(40(32)47)38(45)26-15-11-22(2)12-16-26/h5-18,41-43,46-47H,19-20H2,1-4H3. The van der Waals surface area contributed by atoms with Gasteiger partial charge in [0.05, 0.1) is 11.1 Å². The molecule has 0 saturated heterocycles. The summed E-state index contributed by atoms with van der Waals surface area (Å²) in [6, 6.07) is 24.6. The van der Waals surface area contributed by atoms with Gasteiger partial charge < -0.3 is 25.4 Å². The largest absolute Gasteiger partial charge is 0.507 e. The Kier molecular flexibility index (Phi) is 8.07. The van der Waals surface area contributed by atoms with Gasteiger partial charge in [-0.15, -0.1) is 0 Å². The summed E-state index contributed by atoms with van der Waals surface area (Å²) in [5.74, 6) is -1.65. The van der Waals surface area contributed by atoms with Gasteiger partial charge in [0.2, 0.25) is 0 Å². The number of carbonyl (C=O) groups is 2. The first kappa shape index (κ1) is 31.2. The van der Waals surface area contributed by atoms with E-state index in [0.29, 0.717) is 33.5 Å². The zero-order chi connectivity index (χ0) is 33.6. The predicted molar refractivity (Wildman–Crippen MR) is 182 cm³/mol. The summed E-state index contributed by atoms with van der Waals surface area (Å²) in [5.41, 5.74) is 6.24. The number of hydrogen-bond acceptors (Lipinski definition) is 6. The molecular weight excluding hydrogens is 590 g/mol. The van der Waals surface area contributed by atoms with Gasteiger partial charge in [-0.1, -0.05) is 77.9 Å². The number of rotatable bonds is 8. The van der Waals surface area contributed by atoms with Gasteiger partial charge in [-0.25, -0.2) is 0 Å². The Balaban J connectivity index is 1.45. The fourth-order valence-electron chi connectivity index (χ4n) is 6.10. The fraction of sp³-hybridized carbons (Fsp3) is 0.150. The van der Waals surface area contributed by atoms with Gasteiger partial charge in [-0.05, 0) is 62.6 Å².